The zero-order valence-electron chi connectivity index (χ0n) is 11.2. The molecule has 1 unspecified atom stereocenters. The molecular weight excluding hydrogens is 262 g/mol. The predicted octanol–water partition coefficient (Wildman–Crippen LogP) is 4.39. The first-order chi connectivity index (χ1) is 9.83. The van der Waals surface area contributed by atoms with Crippen molar-refractivity contribution in [1.82, 2.24) is 0 Å². The lowest BCUT2D eigenvalue weighted by molar-refractivity contribution is 0.892. The Kier molecular flexibility index (Phi) is 3.95. The summed E-state index contributed by atoms with van der Waals surface area (Å²) in [5.74, 6) is 0. The summed E-state index contributed by atoms with van der Waals surface area (Å²) in [7, 11) is 0. The lowest BCUT2D eigenvalue weighted by Crippen LogP contribution is -2.10. The Hall–Kier alpha value is -1.90. The molecule has 3 aromatic rings. The molecule has 2 aromatic carbocycles. The van der Waals surface area contributed by atoms with Gasteiger partial charge in [0, 0.05) is 4.88 Å². The number of hydrogen-bond acceptors (Lipinski definition) is 2. The monoisotopic (exact) mass is 279 g/mol. The van der Waals surface area contributed by atoms with Crippen molar-refractivity contribution in [2.24, 2.45) is 5.73 Å². The molecule has 1 heterocycles. The van der Waals surface area contributed by atoms with E-state index in [1.807, 2.05) is 12.1 Å². The highest BCUT2D eigenvalue weighted by Gasteiger charge is 2.09. The zero-order chi connectivity index (χ0) is 13.8. The number of nitrogens with two attached hydrogens (primary N) is 1. The molecule has 0 aliphatic rings. The van der Waals surface area contributed by atoms with Crippen molar-refractivity contribution in [3.63, 3.8) is 0 Å². The van der Waals surface area contributed by atoms with Gasteiger partial charge in [0.2, 0.25) is 0 Å². The van der Waals surface area contributed by atoms with E-state index in [1.165, 1.54) is 21.6 Å². The van der Waals surface area contributed by atoms with Crippen LogP contribution in [0, 0.1) is 0 Å². The minimum Gasteiger partial charge on any atom is -0.320 e. The second-order valence-electron chi connectivity index (χ2n) is 4.90. The minimum absolute atomic E-state index is 0.0132. The van der Waals surface area contributed by atoms with E-state index in [0.717, 1.165) is 6.42 Å². The molecule has 0 radical (unpaired) electrons. The Morgan fingerprint density at radius 1 is 0.800 bits per heavy atom. The number of hydrogen-bond donors (Lipinski definition) is 1. The third-order valence-electron chi connectivity index (χ3n) is 3.44. The van der Waals surface area contributed by atoms with Crippen molar-refractivity contribution in [2.75, 3.05) is 0 Å². The molecule has 0 aliphatic carbocycles. The van der Waals surface area contributed by atoms with Gasteiger partial charge in [0.15, 0.2) is 0 Å². The van der Waals surface area contributed by atoms with Gasteiger partial charge in [0.05, 0.1) is 6.04 Å². The van der Waals surface area contributed by atoms with Crippen molar-refractivity contribution >= 4 is 11.3 Å². The topological polar surface area (TPSA) is 26.0 Å². The zero-order valence-corrected chi connectivity index (χ0v) is 12.0. The van der Waals surface area contributed by atoms with E-state index in [0.29, 0.717) is 0 Å². The first-order valence-electron chi connectivity index (χ1n) is 6.75. The summed E-state index contributed by atoms with van der Waals surface area (Å²) >= 11 is 1.71. The van der Waals surface area contributed by atoms with E-state index in [2.05, 4.69) is 60.0 Å². The molecule has 1 nitrogen and oxygen atoms in total. The predicted molar refractivity (Wildman–Crippen MR) is 86.0 cm³/mol. The molecule has 0 bridgehead atoms. The van der Waals surface area contributed by atoms with Gasteiger partial charge in [-0.05, 0) is 34.6 Å². The summed E-state index contributed by atoms with van der Waals surface area (Å²) < 4.78 is 0. The van der Waals surface area contributed by atoms with Crippen molar-refractivity contribution in [2.45, 2.75) is 12.5 Å². The first-order valence-corrected chi connectivity index (χ1v) is 7.62. The van der Waals surface area contributed by atoms with E-state index in [9.17, 15) is 0 Å². The quantitative estimate of drug-likeness (QED) is 0.753. The van der Waals surface area contributed by atoms with Gasteiger partial charge in [-0.15, -0.1) is 11.3 Å². The maximum Gasteiger partial charge on any atom is 0.0645 e. The third-order valence-corrected chi connectivity index (χ3v) is 4.40. The standard InChI is InChI=1S/C18H17NS/c19-18(17-7-4-12-20-17)16-10-8-15(9-11-16)13-14-5-2-1-3-6-14/h1-12,18H,13,19H2. The SMILES string of the molecule is NC(c1ccc(Cc2ccccc2)cc1)c1cccs1. The van der Waals surface area contributed by atoms with Crippen molar-refractivity contribution in [3.8, 4) is 0 Å². The van der Waals surface area contributed by atoms with Gasteiger partial charge in [-0.1, -0.05) is 60.7 Å². The maximum absolute atomic E-state index is 6.27. The van der Waals surface area contributed by atoms with Crippen LogP contribution in [0.2, 0.25) is 0 Å². The van der Waals surface area contributed by atoms with Gasteiger partial charge in [-0.2, -0.15) is 0 Å². The molecule has 3 rings (SSSR count). The van der Waals surface area contributed by atoms with Gasteiger partial charge >= 0.3 is 0 Å². The van der Waals surface area contributed by atoms with Crippen molar-refractivity contribution < 1.29 is 0 Å². The second kappa shape index (κ2) is 6.04. The van der Waals surface area contributed by atoms with Gasteiger partial charge < -0.3 is 5.73 Å². The Balaban J connectivity index is 1.75. The fraction of sp³-hybridized carbons (Fsp3) is 0.111. The molecule has 1 aromatic heterocycles. The molecule has 1 atom stereocenters. The van der Waals surface area contributed by atoms with E-state index in [1.54, 1.807) is 11.3 Å². The average Bonchev–Trinajstić information content (AvgIpc) is 3.03. The summed E-state index contributed by atoms with van der Waals surface area (Å²) in [4.78, 5) is 1.21. The van der Waals surface area contributed by atoms with Crippen LogP contribution in [-0.2, 0) is 6.42 Å². The Bertz CT molecular complexity index is 642. The summed E-state index contributed by atoms with van der Waals surface area (Å²) in [5, 5.41) is 2.07. The molecule has 2 heteroatoms. The average molecular weight is 279 g/mol. The summed E-state index contributed by atoms with van der Waals surface area (Å²) in [5.41, 5.74) is 10.1. The van der Waals surface area contributed by atoms with Crippen LogP contribution in [0.3, 0.4) is 0 Å². The summed E-state index contributed by atoms with van der Waals surface area (Å²) in [6.45, 7) is 0. The summed E-state index contributed by atoms with van der Waals surface area (Å²) in [6, 6.07) is 23.3. The van der Waals surface area contributed by atoms with E-state index in [4.69, 9.17) is 5.73 Å². The molecule has 0 amide bonds. The van der Waals surface area contributed by atoms with Crippen LogP contribution in [0.4, 0.5) is 0 Å². The molecular formula is C18H17NS. The molecule has 0 saturated carbocycles. The number of rotatable bonds is 4. The Morgan fingerprint density at radius 3 is 2.15 bits per heavy atom. The van der Waals surface area contributed by atoms with Crippen molar-refractivity contribution in [1.29, 1.82) is 0 Å². The van der Waals surface area contributed by atoms with Gasteiger partial charge in [-0.3, -0.25) is 0 Å². The molecule has 0 spiro atoms. The molecule has 20 heavy (non-hydrogen) atoms. The molecule has 0 aliphatic heterocycles. The minimum atomic E-state index is -0.0132. The van der Waals surface area contributed by atoms with Crippen LogP contribution in [0.25, 0.3) is 0 Å². The molecule has 100 valence electrons. The van der Waals surface area contributed by atoms with Gasteiger partial charge in [0.25, 0.3) is 0 Å². The molecule has 0 saturated heterocycles. The van der Waals surface area contributed by atoms with Crippen LogP contribution in [0.1, 0.15) is 27.6 Å². The van der Waals surface area contributed by atoms with E-state index >= 15 is 0 Å². The van der Waals surface area contributed by atoms with Crippen LogP contribution in [-0.4, -0.2) is 0 Å². The van der Waals surface area contributed by atoms with E-state index < -0.39 is 0 Å². The molecule has 0 fully saturated rings. The third kappa shape index (κ3) is 2.98. The van der Waals surface area contributed by atoms with E-state index in [-0.39, 0.29) is 6.04 Å². The lowest BCUT2D eigenvalue weighted by Gasteiger charge is -2.11. The second-order valence-corrected chi connectivity index (χ2v) is 5.88. The summed E-state index contributed by atoms with van der Waals surface area (Å²) in [6.07, 6.45) is 0.968. The largest absolute Gasteiger partial charge is 0.320 e. The Labute approximate surface area is 123 Å². The highest BCUT2D eigenvalue weighted by atomic mass is 32.1. The van der Waals surface area contributed by atoms with Crippen LogP contribution >= 0.6 is 11.3 Å². The fourth-order valence-corrected chi connectivity index (χ4v) is 3.06. The van der Waals surface area contributed by atoms with Crippen LogP contribution in [0.15, 0.2) is 72.1 Å². The maximum atomic E-state index is 6.27. The number of benzene rings is 2. The van der Waals surface area contributed by atoms with Gasteiger partial charge in [0.1, 0.15) is 0 Å². The van der Waals surface area contributed by atoms with Crippen LogP contribution in [0.5, 0.6) is 0 Å². The lowest BCUT2D eigenvalue weighted by atomic mass is 10.0. The smallest absolute Gasteiger partial charge is 0.0645 e. The van der Waals surface area contributed by atoms with Crippen molar-refractivity contribution in [3.05, 3.63) is 93.7 Å². The van der Waals surface area contributed by atoms with Crippen LogP contribution < -0.4 is 5.73 Å². The normalized spacial score (nSPS) is 12.2. The van der Waals surface area contributed by atoms with Gasteiger partial charge in [-0.25, -0.2) is 0 Å². The fourth-order valence-electron chi connectivity index (χ4n) is 2.31. The Morgan fingerprint density at radius 2 is 1.50 bits per heavy atom. The highest BCUT2D eigenvalue weighted by Crippen LogP contribution is 2.24. The first kappa shape index (κ1) is 13.1. The molecule has 2 N–H and O–H groups in total. The number of thiophene rings is 1. The highest BCUT2D eigenvalue weighted by molar-refractivity contribution is 7.10.